The Morgan fingerprint density at radius 1 is 1.03 bits per heavy atom. The molecule has 7 rings (SSSR count). The van der Waals surface area contributed by atoms with Gasteiger partial charge in [0.25, 0.3) is 11.5 Å². The van der Waals surface area contributed by atoms with Gasteiger partial charge in [0.05, 0.1) is 0 Å². The van der Waals surface area contributed by atoms with Crippen molar-refractivity contribution in [2.75, 3.05) is 58.3 Å². The summed E-state index contributed by atoms with van der Waals surface area (Å²) in [6, 6.07) is 14.1. The van der Waals surface area contributed by atoms with E-state index >= 15 is 0 Å². The van der Waals surface area contributed by atoms with E-state index in [1.165, 1.54) is 31.5 Å². The summed E-state index contributed by atoms with van der Waals surface area (Å²) in [7, 11) is 4.01. The molecule has 4 fully saturated rings. The number of nitrogens with zero attached hydrogens (tertiary/aromatic N) is 4. The summed E-state index contributed by atoms with van der Waals surface area (Å²) >= 11 is 0. The number of amides is 1. The third-order valence-corrected chi connectivity index (χ3v) is 9.21. The number of pyridine rings is 1. The molecule has 0 radical (unpaired) electrons. The molecule has 4 saturated heterocycles. The number of hydrogen-bond donors (Lipinski definition) is 1. The topological polar surface area (TPSA) is 60.8 Å². The lowest BCUT2D eigenvalue weighted by atomic mass is 9.74. The standard InChI is InChI=1S/C29H39N5O2/c1-31(2)25-8-6-21(7-9-25)29(36)30-14-26-13-22-10-11-33(26)19-24(22)18-32-15-20-12-23(17-32)27-4-3-5-28(35)34(27)16-20/h3-9,20,22-24,26H,10-19H2,1-2H3,(H,30,36)/t20-,22-,23+,24-,26+/m0/s1. The van der Waals surface area contributed by atoms with Gasteiger partial charge < -0.3 is 19.7 Å². The van der Waals surface area contributed by atoms with Crippen LogP contribution in [0.1, 0.15) is 41.2 Å². The Morgan fingerprint density at radius 2 is 1.86 bits per heavy atom. The predicted molar refractivity (Wildman–Crippen MR) is 143 cm³/mol. The largest absolute Gasteiger partial charge is 0.378 e. The second-order valence-electron chi connectivity index (χ2n) is 11.8. The van der Waals surface area contributed by atoms with Gasteiger partial charge in [-0.1, -0.05) is 6.07 Å². The Balaban J connectivity index is 1.03. The van der Waals surface area contributed by atoms with Gasteiger partial charge >= 0.3 is 0 Å². The van der Waals surface area contributed by atoms with Crippen molar-refractivity contribution in [1.82, 2.24) is 19.7 Å². The van der Waals surface area contributed by atoms with Gasteiger partial charge in [-0.3, -0.25) is 14.5 Å². The Kier molecular flexibility index (Phi) is 6.38. The van der Waals surface area contributed by atoms with Crippen LogP contribution in [0.2, 0.25) is 0 Å². The van der Waals surface area contributed by atoms with Gasteiger partial charge in [-0.25, -0.2) is 0 Å². The van der Waals surface area contributed by atoms with Crippen LogP contribution in [0.3, 0.4) is 0 Å². The molecule has 7 nitrogen and oxygen atoms in total. The van der Waals surface area contributed by atoms with E-state index in [-0.39, 0.29) is 11.5 Å². The van der Waals surface area contributed by atoms with Crippen molar-refractivity contribution >= 4 is 11.6 Å². The van der Waals surface area contributed by atoms with Crippen LogP contribution in [-0.2, 0) is 6.54 Å². The minimum Gasteiger partial charge on any atom is -0.378 e. The SMILES string of the molecule is CN(C)c1ccc(C(=O)NC[C@H]2C[C@@H]3CCN2C[C@@H]3CN2C[C@@H]3C[C@H](C2)c2cccc(=O)n2C3)cc1. The molecule has 0 saturated carbocycles. The summed E-state index contributed by atoms with van der Waals surface area (Å²) < 4.78 is 2.03. The first-order valence-electron chi connectivity index (χ1n) is 13.7. The van der Waals surface area contributed by atoms with Crippen molar-refractivity contribution in [2.24, 2.45) is 17.8 Å². The fraction of sp³-hybridized carbons (Fsp3) is 0.586. The van der Waals surface area contributed by atoms with E-state index in [1.54, 1.807) is 6.07 Å². The smallest absolute Gasteiger partial charge is 0.251 e. The van der Waals surface area contributed by atoms with Crippen molar-refractivity contribution in [3.05, 3.63) is 64.1 Å². The second-order valence-corrected chi connectivity index (χ2v) is 11.8. The number of anilines is 1. The zero-order valence-corrected chi connectivity index (χ0v) is 21.6. The summed E-state index contributed by atoms with van der Waals surface area (Å²) in [5.41, 5.74) is 3.24. The summed E-state index contributed by atoms with van der Waals surface area (Å²) in [4.78, 5) is 32.4. The molecule has 2 aromatic rings. The maximum Gasteiger partial charge on any atom is 0.251 e. The monoisotopic (exact) mass is 489 g/mol. The molecule has 4 bridgehead atoms. The molecule has 7 heteroatoms. The van der Waals surface area contributed by atoms with Crippen LogP contribution in [-0.4, -0.2) is 79.7 Å². The molecule has 0 spiro atoms. The molecular weight excluding hydrogens is 450 g/mol. The number of nitrogens with one attached hydrogen (secondary N) is 1. The minimum absolute atomic E-state index is 0.0266. The van der Waals surface area contributed by atoms with Crippen molar-refractivity contribution in [3.63, 3.8) is 0 Å². The summed E-state index contributed by atoms with van der Waals surface area (Å²) in [6.07, 6.45) is 3.68. The number of rotatable bonds is 6. The van der Waals surface area contributed by atoms with E-state index in [0.717, 1.165) is 56.4 Å². The zero-order valence-electron chi connectivity index (χ0n) is 21.6. The van der Waals surface area contributed by atoms with E-state index in [9.17, 15) is 9.59 Å². The number of benzene rings is 1. The number of piperidine rings is 4. The third-order valence-electron chi connectivity index (χ3n) is 9.21. The summed E-state index contributed by atoms with van der Waals surface area (Å²) in [5.74, 6) is 2.56. The first kappa shape index (κ1) is 23.7. The van der Waals surface area contributed by atoms with E-state index in [0.29, 0.717) is 23.8 Å². The van der Waals surface area contributed by atoms with Gasteiger partial charge in [-0.05, 0) is 73.9 Å². The molecule has 192 valence electrons. The van der Waals surface area contributed by atoms with E-state index in [4.69, 9.17) is 0 Å². The van der Waals surface area contributed by atoms with Gasteiger partial charge in [0.15, 0.2) is 0 Å². The number of carbonyl (C=O) groups is 1. The van der Waals surface area contributed by atoms with Gasteiger partial charge in [0.1, 0.15) is 0 Å². The highest BCUT2D eigenvalue weighted by molar-refractivity contribution is 5.94. The fourth-order valence-electron chi connectivity index (χ4n) is 7.37. The molecule has 0 aliphatic carbocycles. The average Bonchev–Trinajstić information content (AvgIpc) is 2.88. The molecule has 6 heterocycles. The Bertz CT molecular complexity index is 1160. The summed E-state index contributed by atoms with van der Waals surface area (Å²) in [5, 5.41) is 3.21. The third kappa shape index (κ3) is 4.59. The molecule has 5 aliphatic rings. The van der Waals surface area contributed by atoms with Crippen LogP contribution in [0.4, 0.5) is 5.69 Å². The molecule has 1 unspecified atom stereocenters. The number of hydrogen-bond acceptors (Lipinski definition) is 5. The van der Waals surface area contributed by atoms with Crippen LogP contribution >= 0.6 is 0 Å². The Morgan fingerprint density at radius 3 is 2.61 bits per heavy atom. The van der Waals surface area contributed by atoms with Gasteiger partial charge in [-0.2, -0.15) is 0 Å². The fourth-order valence-corrected chi connectivity index (χ4v) is 7.37. The van der Waals surface area contributed by atoms with Crippen molar-refractivity contribution in [2.45, 2.75) is 37.8 Å². The van der Waals surface area contributed by atoms with E-state index < -0.39 is 0 Å². The van der Waals surface area contributed by atoms with Gasteiger partial charge in [0, 0.05) is 88.3 Å². The van der Waals surface area contributed by atoms with Crippen molar-refractivity contribution in [1.29, 1.82) is 0 Å². The number of carbonyl (C=O) groups excluding carboxylic acids is 1. The molecule has 36 heavy (non-hydrogen) atoms. The van der Waals surface area contributed by atoms with Crippen LogP contribution in [0, 0.1) is 17.8 Å². The maximum absolute atomic E-state index is 12.7. The van der Waals surface area contributed by atoms with E-state index in [2.05, 4.69) is 21.2 Å². The van der Waals surface area contributed by atoms with Crippen LogP contribution in [0.25, 0.3) is 0 Å². The minimum atomic E-state index is 0.0266. The molecule has 1 N–H and O–H groups in total. The van der Waals surface area contributed by atoms with E-state index in [1.807, 2.05) is 53.9 Å². The molecule has 1 aromatic heterocycles. The lowest BCUT2D eigenvalue weighted by molar-refractivity contribution is -0.0197. The Hall–Kier alpha value is -2.64. The van der Waals surface area contributed by atoms with Crippen LogP contribution in [0.15, 0.2) is 47.3 Å². The van der Waals surface area contributed by atoms with Crippen LogP contribution < -0.4 is 15.8 Å². The van der Waals surface area contributed by atoms with Gasteiger partial charge in [-0.15, -0.1) is 0 Å². The summed E-state index contributed by atoms with van der Waals surface area (Å²) in [6.45, 7) is 7.27. The molecule has 1 aromatic carbocycles. The number of fused-ring (bicyclic) bond motifs is 7. The normalized spacial score (nSPS) is 31.1. The molecule has 6 atom stereocenters. The first-order valence-corrected chi connectivity index (χ1v) is 13.7. The maximum atomic E-state index is 12.7. The van der Waals surface area contributed by atoms with Gasteiger partial charge in [0.2, 0.25) is 0 Å². The predicted octanol–water partition coefficient (Wildman–Crippen LogP) is 2.47. The lowest BCUT2D eigenvalue weighted by Gasteiger charge is -2.52. The highest BCUT2D eigenvalue weighted by atomic mass is 16.1. The van der Waals surface area contributed by atoms with Crippen molar-refractivity contribution < 1.29 is 4.79 Å². The number of aromatic nitrogens is 1. The highest BCUT2D eigenvalue weighted by Gasteiger charge is 2.42. The number of likely N-dealkylation sites (tertiary alicyclic amines) is 1. The molecule has 1 amide bonds. The zero-order chi connectivity index (χ0) is 24.8. The highest BCUT2D eigenvalue weighted by Crippen LogP contribution is 2.39. The average molecular weight is 490 g/mol. The lowest BCUT2D eigenvalue weighted by Crippen LogP contribution is -2.59. The molecule has 5 aliphatic heterocycles. The van der Waals surface area contributed by atoms with Crippen LogP contribution in [0.5, 0.6) is 0 Å². The first-order chi connectivity index (χ1) is 17.4. The molecular formula is C29H39N5O2. The second kappa shape index (κ2) is 9.67. The van der Waals surface area contributed by atoms with Crippen molar-refractivity contribution in [3.8, 4) is 0 Å². The quantitative estimate of drug-likeness (QED) is 0.676. The Labute approximate surface area is 214 Å².